The van der Waals surface area contributed by atoms with Crippen LogP contribution in [0.3, 0.4) is 0 Å². The summed E-state index contributed by atoms with van der Waals surface area (Å²) in [5.41, 5.74) is 5.76. The van der Waals surface area contributed by atoms with Gasteiger partial charge in [0, 0.05) is 23.9 Å². The molecule has 1 aliphatic carbocycles. The Labute approximate surface area is 174 Å². The van der Waals surface area contributed by atoms with Crippen LogP contribution in [0.15, 0.2) is 90.3 Å². The summed E-state index contributed by atoms with van der Waals surface area (Å²) in [6.07, 6.45) is 3.09. The van der Waals surface area contributed by atoms with E-state index < -0.39 is 0 Å². The number of imidazole rings is 1. The highest BCUT2D eigenvalue weighted by molar-refractivity contribution is 6.01. The van der Waals surface area contributed by atoms with Crippen LogP contribution >= 0.6 is 0 Å². The van der Waals surface area contributed by atoms with Crippen LogP contribution in [0.2, 0.25) is 0 Å². The standard InChI is InChI=1S/C25H20N4O/c30-22-15-17(16-8-2-1-3-9-16)14-20-23(22)24(19-11-6-7-13-26-19)29-21-12-5-4-10-18(21)27-25(29)28-20/h1-13,17,24H,14-15H2,(H,27,28)/t17-,24+/m0/s1. The second kappa shape index (κ2) is 6.66. The van der Waals surface area contributed by atoms with Gasteiger partial charge in [0.2, 0.25) is 5.95 Å². The highest BCUT2D eigenvalue weighted by atomic mass is 16.1. The lowest BCUT2D eigenvalue weighted by Gasteiger charge is -2.36. The number of pyridine rings is 1. The smallest absolute Gasteiger partial charge is 0.209 e. The van der Waals surface area contributed by atoms with Crippen molar-refractivity contribution in [3.05, 3.63) is 102 Å². The number of benzene rings is 2. The van der Waals surface area contributed by atoms with Gasteiger partial charge < -0.3 is 5.32 Å². The van der Waals surface area contributed by atoms with E-state index in [4.69, 9.17) is 4.98 Å². The number of para-hydroxylation sites is 2. The van der Waals surface area contributed by atoms with Crippen molar-refractivity contribution in [2.75, 3.05) is 5.32 Å². The molecule has 0 spiro atoms. The average Bonchev–Trinajstić information content (AvgIpc) is 3.17. The summed E-state index contributed by atoms with van der Waals surface area (Å²) in [7, 11) is 0. The molecular weight excluding hydrogens is 372 g/mol. The van der Waals surface area contributed by atoms with Gasteiger partial charge in [0.1, 0.15) is 6.04 Å². The highest BCUT2D eigenvalue weighted by Gasteiger charge is 2.40. The number of hydrogen-bond donors (Lipinski definition) is 1. The van der Waals surface area contributed by atoms with Gasteiger partial charge in [-0.3, -0.25) is 14.3 Å². The van der Waals surface area contributed by atoms with E-state index in [1.807, 2.05) is 54.6 Å². The molecule has 0 saturated carbocycles. The van der Waals surface area contributed by atoms with E-state index in [-0.39, 0.29) is 17.7 Å². The van der Waals surface area contributed by atoms with Crippen LogP contribution in [-0.4, -0.2) is 20.3 Å². The number of nitrogens with zero attached hydrogens (tertiary/aromatic N) is 3. The minimum absolute atomic E-state index is 0.172. The van der Waals surface area contributed by atoms with Crippen LogP contribution in [0.5, 0.6) is 0 Å². The average molecular weight is 392 g/mol. The van der Waals surface area contributed by atoms with Gasteiger partial charge >= 0.3 is 0 Å². The van der Waals surface area contributed by atoms with Crippen molar-refractivity contribution in [2.24, 2.45) is 0 Å². The molecule has 146 valence electrons. The lowest BCUT2D eigenvalue weighted by Crippen LogP contribution is -2.33. The largest absolute Gasteiger partial charge is 0.329 e. The van der Waals surface area contributed by atoms with Crippen LogP contribution in [0.25, 0.3) is 11.0 Å². The summed E-state index contributed by atoms with van der Waals surface area (Å²) in [4.78, 5) is 23.0. The number of hydrogen-bond acceptors (Lipinski definition) is 4. The Morgan fingerprint density at radius 2 is 1.70 bits per heavy atom. The van der Waals surface area contributed by atoms with E-state index in [2.05, 4.69) is 33.1 Å². The number of fused-ring (bicyclic) bond motifs is 3. The molecule has 5 nitrogen and oxygen atoms in total. The maximum Gasteiger partial charge on any atom is 0.209 e. The summed E-state index contributed by atoms with van der Waals surface area (Å²) in [6.45, 7) is 0. The van der Waals surface area contributed by atoms with Gasteiger partial charge in [-0.25, -0.2) is 4.98 Å². The number of ketones is 1. The van der Waals surface area contributed by atoms with E-state index >= 15 is 0 Å². The summed E-state index contributed by atoms with van der Waals surface area (Å²) in [6, 6.07) is 24.0. The summed E-state index contributed by atoms with van der Waals surface area (Å²) >= 11 is 0. The number of rotatable bonds is 2. The van der Waals surface area contributed by atoms with Crippen molar-refractivity contribution in [2.45, 2.75) is 24.8 Å². The molecule has 0 bridgehead atoms. The number of anilines is 1. The minimum atomic E-state index is -0.269. The fourth-order valence-electron chi connectivity index (χ4n) is 4.80. The Morgan fingerprint density at radius 3 is 2.53 bits per heavy atom. The first-order chi connectivity index (χ1) is 14.8. The Hall–Kier alpha value is -3.73. The first-order valence-corrected chi connectivity index (χ1v) is 10.3. The maximum atomic E-state index is 13.5. The quantitative estimate of drug-likeness (QED) is 0.530. The van der Waals surface area contributed by atoms with Gasteiger partial charge in [-0.2, -0.15) is 0 Å². The topological polar surface area (TPSA) is 59.8 Å². The van der Waals surface area contributed by atoms with Crippen molar-refractivity contribution < 1.29 is 4.79 Å². The number of carbonyl (C=O) groups is 1. The molecule has 0 amide bonds. The molecule has 2 aromatic heterocycles. The normalized spacial score (nSPS) is 20.6. The van der Waals surface area contributed by atoms with Crippen molar-refractivity contribution in [3.63, 3.8) is 0 Å². The van der Waals surface area contributed by atoms with Crippen molar-refractivity contribution in [1.82, 2.24) is 14.5 Å². The van der Waals surface area contributed by atoms with Gasteiger partial charge in [0.25, 0.3) is 0 Å². The third-order valence-electron chi connectivity index (χ3n) is 6.14. The van der Waals surface area contributed by atoms with E-state index in [9.17, 15) is 4.79 Å². The molecule has 2 atom stereocenters. The van der Waals surface area contributed by atoms with Crippen LogP contribution < -0.4 is 5.32 Å². The molecule has 4 aromatic rings. The molecule has 30 heavy (non-hydrogen) atoms. The predicted molar refractivity (Wildman–Crippen MR) is 116 cm³/mol. The van der Waals surface area contributed by atoms with Crippen molar-refractivity contribution >= 4 is 22.8 Å². The lowest BCUT2D eigenvalue weighted by atomic mass is 9.78. The molecule has 1 N–H and O–H groups in total. The van der Waals surface area contributed by atoms with Gasteiger partial charge in [-0.1, -0.05) is 48.5 Å². The van der Waals surface area contributed by atoms with Gasteiger partial charge in [-0.05, 0) is 42.2 Å². The number of Topliss-reactive ketones (excluding diaryl/α,β-unsaturated/α-hetero) is 1. The molecule has 0 saturated heterocycles. The van der Waals surface area contributed by atoms with Crippen LogP contribution in [0, 0.1) is 0 Å². The molecule has 5 heteroatoms. The molecule has 0 radical (unpaired) electrons. The fourth-order valence-corrected chi connectivity index (χ4v) is 4.80. The van der Waals surface area contributed by atoms with Crippen LogP contribution in [0.1, 0.15) is 36.1 Å². The lowest BCUT2D eigenvalue weighted by molar-refractivity contribution is -0.116. The summed E-state index contributed by atoms with van der Waals surface area (Å²) < 4.78 is 2.12. The zero-order chi connectivity index (χ0) is 20.1. The maximum absolute atomic E-state index is 13.5. The Kier molecular flexibility index (Phi) is 3.81. The molecule has 6 rings (SSSR count). The molecule has 2 aliphatic rings. The number of aromatic nitrogens is 3. The number of carbonyl (C=O) groups excluding carboxylic acids is 1. The highest BCUT2D eigenvalue weighted by Crippen LogP contribution is 2.45. The monoisotopic (exact) mass is 392 g/mol. The van der Waals surface area contributed by atoms with Crippen molar-refractivity contribution in [1.29, 1.82) is 0 Å². The second-order valence-corrected chi connectivity index (χ2v) is 7.91. The van der Waals surface area contributed by atoms with Gasteiger partial charge in [0.15, 0.2) is 5.78 Å². The summed E-state index contributed by atoms with van der Waals surface area (Å²) in [5, 5.41) is 3.50. The zero-order valence-corrected chi connectivity index (χ0v) is 16.3. The Bertz CT molecular complexity index is 1290. The Balaban J connectivity index is 1.54. The van der Waals surface area contributed by atoms with Gasteiger partial charge in [-0.15, -0.1) is 0 Å². The van der Waals surface area contributed by atoms with E-state index in [1.54, 1.807) is 6.20 Å². The molecule has 3 heterocycles. The zero-order valence-electron chi connectivity index (χ0n) is 16.3. The SMILES string of the molecule is O=C1C[C@@H](c2ccccc2)CC2=C1[C@@H](c1ccccn1)n1c(nc3ccccc31)N2. The third-order valence-corrected chi connectivity index (χ3v) is 6.14. The fraction of sp³-hybridized carbons (Fsp3) is 0.160. The second-order valence-electron chi connectivity index (χ2n) is 7.91. The first-order valence-electron chi connectivity index (χ1n) is 10.3. The first kappa shape index (κ1) is 17.2. The van der Waals surface area contributed by atoms with Crippen LogP contribution in [-0.2, 0) is 4.79 Å². The molecule has 1 aliphatic heterocycles. The molecular formula is C25H20N4O. The Morgan fingerprint density at radius 1 is 0.900 bits per heavy atom. The molecule has 0 unspecified atom stereocenters. The minimum Gasteiger partial charge on any atom is -0.329 e. The summed E-state index contributed by atoms with van der Waals surface area (Å²) in [5.74, 6) is 1.12. The van der Waals surface area contributed by atoms with Crippen molar-refractivity contribution in [3.8, 4) is 0 Å². The number of allylic oxidation sites excluding steroid dienone is 2. The van der Waals surface area contributed by atoms with Gasteiger partial charge in [0.05, 0.1) is 16.7 Å². The predicted octanol–water partition coefficient (Wildman–Crippen LogP) is 4.85. The third kappa shape index (κ3) is 2.59. The van der Waals surface area contributed by atoms with E-state index in [0.29, 0.717) is 6.42 Å². The number of nitrogens with one attached hydrogen (secondary N) is 1. The van der Waals surface area contributed by atoms with Crippen LogP contribution in [0.4, 0.5) is 5.95 Å². The van der Waals surface area contributed by atoms with E-state index in [0.717, 1.165) is 40.4 Å². The molecule has 2 aromatic carbocycles. The van der Waals surface area contributed by atoms with E-state index in [1.165, 1.54) is 5.56 Å². The molecule has 0 fully saturated rings.